The van der Waals surface area contributed by atoms with Crippen LogP contribution in [-0.2, 0) is 6.42 Å². The number of carbonyl (C=O) groups is 1. The molecule has 0 aliphatic carbocycles. The number of halogens is 1. The molecule has 3 heterocycles. The van der Waals surface area contributed by atoms with E-state index in [-0.39, 0.29) is 0 Å². The summed E-state index contributed by atoms with van der Waals surface area (Å²) in [5.74, 6) is 0. The predicted molar refractivity (Wildman–Crippen MR) is 116 cm³/mol. The Morgan fingerprint density at radius 2 is 1.87 bits per heavy atom. The van der Waals surface area contributed by atoms with Crippen molar-refractivity contribution in [3.63, 3.8) is 0 Å². The van der Waals surface area contributed by atoms with Gasteiger partial charge < -0.3 is 4.90 Å². The topological polar surface area (TPSA) is 82.8 Å². The maximum Gasteiger partial charge on any atom is 0.152 e. The number of piperidine rings is 1. The maximum absolute atomic E-state index is 14.5. The standard InChI is InChI=1S/C14H17FN2.C10H7N3O/c1-17-8-6-14(15,7-9-17)10-12-2-4-13(11-16)5-3-12;14-6-8-2-1-4-12-10(8)9-3-5-11-7-13-9/h2-5H,6-10H2,1H3;1-7H. The first-order chi connectivity index (χ1) is 15.0. The number of rotatable bonds is 4. The third kappa shape index (κ3) is 6.24. The fourth-order valence-corrected chi connectivity index (χ4v) is 3.42. The molecule has 0 radical (unpaired) electrons. The van der Waals surface area contributed by atoms with Gasteiger partial charge in [0.1, 0.15) is 12.0 Å². The van der Waals surface area contributed by atoms with Crippen LogP contribution < -0.4 is 0 Å². The normalized spacial score (nSPS) is 15.3. The molecule has 0 N–H and O–H groups in total. The molecular formula is C24H24FN5O. The molecule has 3 aromatic rings. The first-order valence-corrected chi connectivity index (χ1v) is 10.1. The molecule has 0 amide bonds. The largest absolute Gasteiger partial charge is 0.306 e. The lowest BCUT2D eigenvalue weighted by Gasteiger charge is -2.34. The molecule has 1 aliphatic rings. The van der Waals surface area contributed by atoms with E-state index in [9.17, 15) is 9.18 Å². The molecule has 1 saturated heterocycles. The van der Waals surface area contributed by atoms with Crippen LogP contribution in [0.1, 0.15) is 34.3 Å². The summed E-state index contributed by atoms with van der Waals surface area (Å²) in [6, 6.07) is 14.4. The minimum Gasteiger partial charge on any atom is -0.306 e. The van der Waals surface area contributed by atoms with E-state index in [2.05, 4.69) is 25.9 Å². The van der Waals surface area contributed by atoms with Gasteiger partial charge in [-0.05, 0) is 55.8 Å². The predicted octanol–water partition coefficient (Wildman–Crippen LogP) is 3.89. The molecule has 1 aliphatic heterocycles. The number of aromatic nitrogens is 3. The first kappa shape index (κ1) is 22.2. The Balaban J connectivity index is 0.000000179. The number of benzene rings is 1. The molecule has 0 bridgehead atoms. The van der Waals surface area contributed by atoms with E-state index in [4.69, 9.17) is 5.26 Å². The number of nitriles is 1. The Hall–Kier alpha value is -3.50. The van der Waals surface area contributed by atoms with Gasteiger partial charge in [0.05, 0.1) is 23.0 Å². The Morgan fingerprint density at radius 1 is 1.13 bits per heavy atom. The van der Waals surface area contributed by atoms with E-state index >= 15 is 0 Å². The summed E-state index contributed by atoms with van der Waals surface area (Å²) in [6.07, 6.45) is 7.11. The van der Waals surface area contributed by atoms with Crippen LogP contribution in [0.4, 0.5) is 4.39 Å². The molecule has 1 aromatic carbocycles. The van der Waals surface area contributed by atoms with Gasteiger partial charge in [0, 0.05) is 37.5 Å². The fraction of sp³-hybridized carbons (Fsp3) is 0.292. The number of nitrogens with zero attached hydrogens (tertiary/aromatic N) is 5. The molecule has 158 valence electrons. The smallest absolute Gasteiger partial charge is 0.152 e. The molecular weight excluding hydrogens is 393 g/mol. The van der Waals surface area contributed by atoms with E-state index in [1.54, 1.807) is 42.7 Å². The second-order valence-corrected chi connectivity index (χ2v) is 7.59. The molecule has 0 unspecified atom stereocenters. The van der Waals surface area contributed by atoms with Crippen LogP contribution in [0.2, 0.25) is 0 Å². The van der Waals surface area contributed by atoms with E-state index in [1.807, 2.05) is 19.2 Å². The summed E-state index contributed by atoms with van der Waals surface area (Å²) in [6.45, 7) is 1.65. The molecule has 1 fully saturated rings. The maximum atomic E-state index is 14.5. The molecule has 31 heavy (non-hydrogen) atoms. The third-order valence-electron chi connectivity index (χ3n) is 5.28. The van der Waals surface area contributed by atoms with E-state index in [0.29, 0.717) is 41.8 Å². The lowest BCUT2D eigenvalue weighted by atomic mass is 9.87. The summed E-state index contributed by atoms with van der Waals surface area (Å²) in [7, 11) is 2.03. The van der Waals surface area contributed by atoms with Gasteiger partial charge in [-0.3, -0.25) is 9.78 Å². The van der Waals surface area contributed by atoms with E-state index in [1.165, 1.54) is 6.33 Å². The summed E-state index contributed by atoms with van der Waals surface area (Å²) < 4.78 is 14.5. The molecule has 7 heteroatoms. The highest BCUT2D eigenvalue weighted by atomic mass is 19.1. The van der Waals surface area contributed by atoms with Crippen molar-refractivity contribution in [1.82, 2.24) is 19.9 Å². The second-order valence-electron chi connectivity index (χ2n) is 7.59. The average molecular weight is 417 g/mol. The zero-order chi connectivity index (χ0) is 22.1. The van der Waals surface area contributed by atoms with Crippen molar-refractivity contribution < 1.29 is 9.18 Å². The lowest BCUT2D eigenvalue weighted by molar-refractivity contribution is 0.0698. The number of hydrogen-bond acceptors (Lipinski definition) is 6. The molecule has 0 atom stereocenters. The fourth-order valence-electron chi connectivity index (χ4n) is 3.42. The van der Waals surface area contributed by atoms with Gasteiger partial charge in [-0.25, -0.2) is 14.4 Å². The SMILES string of the molecule is CN1CCC(F)(Cc2ccc(C#N)cc2)CC1.O=Cc1cccnc1-c1ccncn1. The number of alkyl halides is 1. The minimum absolute atomic E-state index is 0.465. The number of pyridine rings is 1. The van der Waals surface area contributed by atoms with Gasteiger partial charge in [-0.1, -0.05) is 12.1 Å². The summed E-state index contributed by atoms with van der Waals surface area (Å²) >= 11 is 0. The van der Waals surface area contributed by atoms with Gasteiger partial charge in [0.15, 0.2) is 6.29 Å². The number of likely N-dealkylation sites (tertiary alicyclic amines) is 1. The number of aldehydes is 1. The molecule has 4 rings (SSSR count). The van der Waals surface area contributed by atoms with Crippen LogP contribution in [0.5, 0.6) is 0 Å². The van der Waals surface area contributed by atoms with Crippen LogP contribution in [0.15, 0.2) is 61.2 Å². The van der Waals surface area contributed by atoms with Gasteiger partial charge in [0.2, 0.25) is 0 Å². The van der Waals surface area contributed by atoms with Crippen molar-refractivity contribution in [3.8, 4) is 17.5 Å². The highest BCUT2D eigenvalue weighted by Crippen LogP contribution is 2.30. The molecule has 2 aromatic heterocycles. The molecule has 6 nitrogen and oxygen atoms in total. The van der Waals surface area contributed by atoms with Crippen molar-refractivity contribution in [3.05, 3.63) is 77.9 Å². The Bertz CT molecular complexity index is 1030. The van der Waals surface area contributed by atoms with Crippen LogP contribution in [0.25, 0.3) is 11.4 Å². The monoisotopic (exact) mass is 417 g/mol. The van der Waals surface area contributed by atoms with Crippen molar-refractivity contribution in [1.29, 1.82) is 5.26 Å². The first-order valence-electron chi connectivity index (χ1n) is 10.1. The van der Waals surface area contributed by atoms with Crippen molar-refractivity contribution in [2.45, 2.75) is 24.9 Å². The summed E-state index contributed by atoms with van der Waals surface area (Å²) in [4.78, 5) is 24.8. The summed E-state index contributed by atoms with van der Waals surface area (Å²) in [5, 5.41) is 8.70. The Morgan fingerprint density at radius 3 is 2.48 bits per heavy atom. The van der Waals surface area contributed by atoms with Gasteiger partial charge in [-0.2, -0.15) is 5.26 Å². The second kappa shape index (κ2) is 10.5. The summed E-state index contributed by atoms with van der Waals surface area (Å²) in [5.41, 5.74) is 2.32. The zero-order valence-electron chi connectivity index (χ0n) is 17.4. The number of carbonyl (C=O) groups excluding carboxylic acids is 1. The van der Waals surface area contributed by atoms with Gasteiger partial charge in [-0.15, -0.1) is 0 Å². The molecule has 0 saturated carbocycles. The Labute approximate surface area is 181 Å². The third-order valence-corrected chi connectivity index (χ3v) is 5.28. The van der Waals surface area contributed by atoms with Gasteiger partial charge >= 0.3 is 0 Å². The van der Waals surface area contributed by atoms with Crippen LogP contribution in [-0.4, -0.2) is 51.9 Å². The van der Waals surface area contributed by atoms with Crippen molar-refractivity contribution >= 4 is 6.29 Å². The molecule has 0 spiro atoms. The number of hydrogen-bond donors (Lipinski definition) is 0. The van der Waals surface area contributed by atoms with Crippen LogP contribution in [0, 0.1) is 11.3 Å². The van der Waals surface area contributed by atoms with E-state index in [0.717, 1.165) is 24.9 Å². The average Bonchev–Trinajstić information content (AvgIpc) is 2.82. The van der Waals surface area contributed by atoms with Gasteiger partial charge in [0.25, 0.3) is 0 Å². The van der Waals surface area contributed by atoms with Crippen molar-refractivity contribution in [2.24, 2.45) is 0 Å². The van der Waals surface area contributed by atoms with Crippen LogP contribution >= 0.6 is 0 Å². The lowest BCUT2D eigenvalue weighted by Crippen LogP contribution is -2.41. The minimum atomic E-state index is -1.07. The van der Waals surface area contributed by atoms with Crippen molar-refractivity contribution in [2.75, 3.05) is 20.1 Å². The zero-order valence-corrected chi connectivity index (χ0v) is 17.4. The van der Waals surface area contributed by atoms with Crippen LogP contribution in [0.3, 0.4) is 0 Å². The quantitative estimate of drug-likeness (QED) is 0.599. The Kier molecular flexibility index (Phi) is 7.52. The van der Waals surface area contributed by atoms with E-state index < -0.39 is 5.67 Å². The highest BCUT2D eigenvalue weighted by molar-refractivity contribution is 5.84. The highest BCUT2D eigenvalue weighted by Gasteiger charge is 2.33.